The quantitative estimate of drug-likeness (QED) is 0.787. The van der Waals surface area contributed by atoms with Gasteiger partial charge in [0.2, 0.25) is 11.8 Å². The SMILES string of the molecule is CN(C(=O)Cc1ccc2c(c1)NC(=O)C2)C(CN1CC[C@H](O)C1)c1ccccc1. The standard InChI is InChI=1S/C23H27N3O3/c1-25(23(29)12-16-7-8-18-13-22(28)24-20(18)11-16)21(17-5-3-2-4-6-17)15-26-10-9-19(27)14-26/h2-8,11,19,21,27H,9-10,12-15H2,1H3,(H,24,28)/t19-,21?/m0/s1. The zero-order valence-corrected chi connectivity index (χ0v) is 16.7. The molecule has 0 aromatic heterocycles. The van der Waals surface area contributed by atoms with E-state index in [-0.39, 0.29) is 30.4 Å². The maximum atomic E-state index is 13.1. The summed E-state index contributed by atoms with van der Waals surface area (Å²) < 4.78 is 0. The van der Waals surface area contributed by atoms with Gasteiger partial charge >= 0.3 is 0 Å². The van der Waals surface area contributed by atoms with Gasteiger partial charge in [-0.2, -0.15) is 0 Å². The normalized spacial score (nSPS) is 19.7. The minimum Gasteiger partial charge on any atom is -0.392 e. The molecule has 2 heterocycles. The van der Waals surface area contributed by atoms with Crippen LogP contribution in [0.2, 0.25) is 0 Å². The van der Waals surface area contributed by atoms with E-state index in [1.165, 1.54) is 0 Å². The predicted octanol–water partition coefficient (Wildman–Crippen LogP) is 1.99. The average Bonchev–Trinajstić information content (AvgIpc) is 3.30. The number of rotatable bonds is 6. The molecule has 0 bridgehead atoms. The molecule has 2 atom stereocenters. The van der Waals surface area contributed by atoms with Gasteiger partial charge in [-0.25, -0.2) is 0 Å². The number of carbonyl (C=O) groups excluding carboxylic acids is 2. The molecule has 0 saturated carbocycles. The minimum atomic E-state index is -0.283. The molecule has 2 aromatic rings. The molecule has 2 aliphatic rings. The van der Waals surface area contributed by atoms with Crippen molar-refractivity contribution >= 4 is 17.5 Å². The molecule has 152 valence electrons. The molecule has 1 unspecified atom stereocenters. The third-order valence-electron chi connectivity index (χ3n) is 5.88. The van der Waals surface area contributed by atoms with E-state index in [0.29, 0.717) is 19.5 Å². The van der Waals surface area contributed by atoms with Crippen LogP contribution in [0.3, 0.4) is 0 Å². The van der Waals surface area contributed by atoms with Gasteiger partial charge in [0, 0.05) is 32.4 Å². The molecular formula is C23H27N3O3. The lowest BCUT2D eigenvalue weighted by Gasteiger charge is -2.32. The molecule has 29 heavy (non-hydrogen) atoms. The zero-order chi connectivity index (χ0) is 20.4. The molecular weight excluding hydrogens is 366 g/mol. The Morgan fingerprint density at radius 3 is 2.79 bits per heavy atom. The van der Waals surface area contributed by atoms with E-state index < -0.39 is 0 Å². The molecule has 2 amide bonds. The number of hydrogen-bond acceptors (Lipinski definition) is 4. The van der Waals surface area contributed by atoms with Crippen LogP contribution in [0.1, 0.15) is 29.2 Å². The highest BCUT2D eigenvalue weighted by atomic mass is 16.3. The van der Waals surface area contributed by atoms with Crippen molar-refractivity contribution in [2.45, 2.75) is 31.4 Å². The smallest absolute Gasteiger partial charge is 0.228 e. The van der Waals surface area contributed by atoms with Crippen LogP contribution < -0.4 is 5.32 Å². The van der Waals surface area contributed by atoms with E-state index in [1.54, 1.807) is 0 Å². The van der Waals surface area contributed by atoms with Crippen molar-refractivity contribution in [1.82, 2.24) is 9.80 Å². The summed E-state index contributed by atoms with van der Waals surface area (Å²) in [6.07, 6.45) is 1.18. The number of β-amino-alcohol motifs (C(OH)–C–C–N with tert-alkyl or cyclic N) is 1. The first-order valence-electron chi connectivity index (χ1n) is 10.1. The van der Waals surface area contributed by atoms with E-state index in [2.05, 4.69) is 10.2 Å². The summed E-state index contributed by atoms with van der Waals surface area (Å²) in [5.41, 5.74) is 3.78. The molecule has 6 nitrogen and oxygen atoms in total. The number of nitrogens with zero attached hydrogens (tertiary/aromatic N) is 2. The number of fused-ring (bicyclic) bond motifs is 1. The number of benzene rings is 2. The fourth-order valence-electron chi connectivity index (χ4n) is 4.19. The van der Waals surface area contributed by atoms with Gasteiger partial charge in [-0.3, -0.25) is 14.5 Å². The molecule has 1 saturated heterocycles. The van der Waals surface area contributed by atoms with Crippen molar-refractivity contribution in [3.8, 4) is 0 Å². The number of aliphatic hydroxyl groups excluding tert-OH is 1. The van der Waals surface area contributed by atoms with Gasteiger partial charge in [-0.05, 0) is 29.2 Å². The Balaban J connectivity index is 1.49. The van der Waals surface area contributed by atoms with Crippen LogP contribution in [0.15, 0.2) is 48.5 Å². The fourth-order valence-corrected chi connectivity index (χ4v) is 4.19. The van der Waals surface area contributed by atoms with Gasteiger partial charge in [0.15, 0.2) is 0 Å². The van der Waals surface area contributed by atoms with Crippen molar-refractivity contribution < 1.29 is 14.7 Å². The van der Waals surface area contributed by atoms with Gasteiger partial charge in [0.05, 0.1) is 25.0 Å². The average molecular weight is 393 g/mol. The largest absolute Gasteiger partial charge is 0.392 e. The number of nitrogens with one attached hydrogen (secondary N) is 1. The van der Waals surface area contributed by atoms with Crippen LogP contribution in [0, 0.1) is 0 Å². The maximum absolute atomic E-state index is 13.1. The van der Waals surface area contributed by atoms with Crippen LogP contribution in [-0.4, -0.2) is 59.5 Å². The summed E-state index contributed by atoms with van der Waals surface area (Å²) in [6.45, 7) is 2.19. The van der Waals surface area contributed by atoms with Gasteiger partial charge in [-0.15, -0.1) is 0 Å². The van der Waals surface area contributed by atoms with Crippen molar-refractivity contribution in [3.05, 3.63) is 65.2 Å². The van der Waals surface area contributed by atoms with Crippen molar-refractivity contribution in [2.24, 2.45) is 0 Å². The molecule has 2 aromatic carbocycles. The number of hydrogen-bond donors (Lipinski definition) is 2. The van der Waals surface area contributed by atoms with Gasteiger partial charge in [0.1, 0.15) is 0 Å². The van der Waals surface area contributed by atoms with Crippen LogP contribution in [0.5, 0.6) is 0 Å². The third-order valence-corrected chi connectivity index (χ3v) is 5.88. The van der Waals surface area contributed by atoms with Crippen LogP contribution in [0.4, 0.5) is 5.69 Å². The second-order valence-corrected chi connectivity index (χ2v) is 8.03. The Morgan fingerprint density at radius 2 is 2.07 bits per heavy atom. The molecule has 0 radical (unpaired) electrons. The number of amides is 2. The highest BCUT2D eigenvalue weighted by Crippen LogP contribution is 2.26. The molecule has 0 aliphatic carbocycles. The molecule has 2 N–H and O–H groups in total. The lowest BCUT2D eigenvalue weighted by molar-refractivity contribution is -0.131. The highest BCUT2D eigenvalue weighted by molar-refractivity contribution is 5.99. The molecule has 2 aliphatic heterocycles. The Hall–Kier alpha value is -2.70. The molecule has 1 fully saturated rings. The topological polar surface area (TPSA) is 72.9 Å². The highest BCUT2D eigenvalue weighted by Gasteiger charge is 2.28. The summed E-state index contributed by atoms with van der Waals surface area (Å²) in [4.78, 5) is 28.7. The summed E-state index contributed by atoms with van der Waals surface area (Å²) >= 11 is 0. The van der Waals surface area contributed by atoms with E-state index >= 15 is 0 Å². The van der Waals surface area contributed by atoms with E-state index in [1.807, 2.05) is 60.5 Å². The van der Waals surface area contributed by atoms with Crippen molar-refractivity contribution in [1.29, 1.82) is 0 Å². The van der Waals surface area contributed by atoms with Gasteiger partial charge in [0.25, 0.3) is 0 Å². The van der Waals surface area contributed by atoms with Gasteiger partial charge in [-0.1, -0.05) is 42.5 Å². The number of carbonyl (C=O) groups is 2. The second kappa shape index (κ2) is 8.35. The van der Waals surface area contributed by atoms with Crippen LogP contribution in [-0.2, 0) is 22.4 Å². The minimum absolute atomic E-state index is 0.00228. The van der Waals surface area contributed by atoms with E-state index in [4.69, 9.17) is 0 Å². The number of anilines is 1. The fraction of sp³-hybridized carbons (Fsp3) is 0.391. The first-order valence-corrected chi connectivity index (χ1v) is 10.1. The molecule has 0 spiro atoms. The van der Waals surface area contributed by atoms with Crippen molar-refractivity contribution in [2.75, 3.05) is 32.0 Å². The first kappa shape index (κ1) is 19.6. The molecule has 6 heteroatoms. The Bertz CT molecular complexity index is 899. The zero-order valence-electron chi connectivity index (χ0n) is 16.7. The maximum Gasteiger partial charge on any atom is 0.228 e. The van der Waals surface area contributed by atoms with Crippen LogP contribution >= 0.6 is 0 Å². The Morgan fingerprint density at radius 1 is 1.28 bits per heavy atom. The van der Waals surface area contributed by atoms with E-state index in [0.717, 1.165) is 35.3 Å². The number of aliphatic hydroxyl groups is 1. The first-order chi connectivity index (χ1) is 14.0. The summed E-state index contributed by atoms with van der Waals surface area (Å²) in [7, 11) is 1.85. The Kier molecular flexibility index (Phi) is 5.65. The third kappa shape index (κ3) is 4.49. The monoisotopic (exact) mass is 393 g/mol. The summed E-state index contributed by atoms with van der Waals surface area (Å²) in [5.74, 6) is 0.0282. The van der Waals surface area contributed by atoms with E-state index in [9.17, 15) is 14.7 Å². The summed E-state index contributed by atoms with van der Waals surface area (Å²) in [6, 6.07) is 15.7. The number of likely N-dealkylation sites (tertiary alicyclic amines) is 1. The molecule has 4 rings (SSSR count). The summed E-state index contributed by atoms with van der Waals surface area (Å²) in [5, 5.41) is 12.7. The van der Waals surface area contributed by atoms with Crippen molar-refractivity contribution in [3.63, 3.8) is 0 Å². The lowest BCUT2D eigenvalue weighted by atomic mass is 10.0. The predicted molar refractivity (Wildman–Crippen MR) is 111 cm³/mol. The lowest BCUT2D eigenvalue weighted by Crippen LogP contribution is -2.39. The second-order valence-electron chi connectivity index (χ2n) is 8.03. The Labute approximate surface area is 171 Å². The number of likely N-dealkylation sites (N-methyl/N-ethyl adjacent to an activating group) is 1. The van der Waals surface area contributed by atoms with Gasteiger partial charge < -0.3 is 15.3 Å². The van der Waals surface area contributed by atoms with Crippen LogP contribution in [0.25, 0.3) is 0 Å².